The summed E-state index contributed by atoms with van der Waals surface area (Å²) in [6.07, 6.45) is 1.06. The summed E-state index contributed by atoms with van der Waals surface area (Å²) >= 11 is 0. The third-order valence-corrected chi connectivity index (χ3v) is 4.00. The molecular formula is C15H21N5O. The maximum absolute atomic E-state index is 9.07. The third-order valence-electron chi connectivity index (χ3n) is 4.00. The highest BCUT2D eigenvalue weighted by Crippen LogP contribution is 2.27. The van der Waals surface area contributed by atoms with Crippen LogP contribution < -0.4 is 10.6 Å². The number of rotatable bonds is 3. The number of β-amino-alcohol motifs (C(OH)–C–C–N with tert-alkyl or cyclic N) is 1. The van der Waals surface area contributed by atoms with Gasteiger partial charge in [-0.3, -0.25) is 4.90 Å². The Morgan fingerprint density at radius 1 is 1.05 bits per heavy atom. The molecule has 6 heteroatoms. The average Bonchev–Trinajstić information content (AvgIpc) is 2.74. The second-order valence-corrected chi connectivity index (χ2v) is 5.36. The van der Waals surface area contributed by atoms with Gasteiger partial charge in [0.2, 0.25) is 0 Å². The van der Waals surface area contributed by atoms with Crippen LogP contribution in [0.3, 0.4) is 0 Å². The van der Waals surface area contributed by atoms with Gasteiger partial charge in [0.1, 0.15) is 0 Å². The molecule has 0 unspecified atom stereocenters. The van der Waals surface area contributed by atoms with E-state index in [-0.39, 0.29) is 6.61 Å². The number of nitrogens with zero attached hydrogens (tertiary/aromatic N) is 4. The van der Waals surface area contributed by atoms with Gasteiger partial charge in [0, 0.05) is 37.0 Å². The fourth-order valence-corrected chi connectivity index (χ4v) is 2.89. The number of fused-ring (bicyclic) bond motifs is 1. The van der Waals surface area contributed by atoms with Gasteiger partial charge >= 0.3 is 0 Å². The van der Waals surface area contributed by atoms with Crippen molar-refractivity contribution < 1.29 is 5.11 Å². The summed E-state index contributed by atoms with van der Waals surface area (Å²) in [6, 6.07) is 8.00. The van der Waals surface area contributed by atoms with E-state index in [9.17, 15) is 0 Å². The number of hydrogen-bond acceptors (Lipinski definition) is 6. The molecule has 2 aromatic rings. The molecule has 1 fully saturated rings. The van der Waals surface area contributed by atoms with Crippen LogP contribution in [0.1, 0.15) is 6.42 Å². The van der Waals surface area contributed by atoms with Crippen molar-refractivity contribution in [3.63, 3.8) is 0 Å². The van der Waals surface area contributed by atoms with Gasteiger partial charge in [0.15, 0.2) is 11.6 Å². The molecule has 1 saturated heterocycles. The van der Waals surface area contributed by atoms with E-state index in [0.717, 1.165) is 55.7 Å². The number of nitrogens with two attached hydrogens (primary N) is 1. The molecule has 0 atom stereocenters. The van der Waals surface area contributed by atoms with Gasteiger partial charge in [-0.05, 0) is 13.0 Å². The summed E-state index contributed by atoms with van der Waals surface area (Å²) in [5.41, 5.74) is 5.92. The Kier molecular flexibility index (Phi) is 4.17. The van der Waals surface area contributed by atoms with Crippen molar-refractivity contribution in [2.75, 3.05) is 50.0 Å². The van der Waals surface area contributed by atoms with Crippen molar-refractivity contribution >= 4 is 22.4 Å². The number of aliphatic hydroxyl groups excluding tert-OH is 1. The minimum atomic E-state index is 0.213. The fraction of sp³-hybridized carbons (Fsp3) is 0.467. The fourth-order valence-electron chi connectivity index (χ4n) is 2.89. The molecule has 2 heterocycles. The zero-order valence-electron chi connectivity index (χ0n) is 12.1. The SMILES string of the molecule is Nc1nnc(N2CCCN(CCO)CC2)c2ccccc12. The summed E-state index contributed by atoms with van der Waals surface area (Å²) in [4.78, 5) is 4.55. The van der Waals surface area contributed by atoms with Gasteiger partial charge in [-0.2, -0.15) is 0 Å². The zero-order valence-corrected chi connectivity index (χ0v) is 12.1. The maximum atomic E-state index is 9.07. The average molecular weight is 287 g/mol. The molecule has 0 radical (unpaired) electrons. The van der Waals surface area contributed by atoms with E-state index in [0.29, 0.717) is 5.82 Å². The van der Waals surface area contributed by atoms with E-state index in [1.807, 2.05) is 24.3 Å². The zero-order chi connectivity index (χ0) is 14.7. The van der Waals surface area contributed by atoms with E-state index < -0.39 is 0 Å². The Bertz CT molecular complexity index is 618. The first-order chi connectivity index (χ1) is 10.3. The number of anilines is 2. The summed E-state index contributed by atoms with van der Waals surface area (Å²) in [5.74, 6) is 1.39. The summed E-state index contributed by atoms with van der Waals surface area (Å²) in [7, 11) is 0. The lowest BCUT2D eigenvalue weighted by molar-refractivity contribution is 0.204. The molecule has 0 saturated carbocycles. The topological polar surface area (TPSA) is 78.5 Å². The Hall–Kier alpha value is -1.92. The normalized spacial score (nSPS) is 17.1. The minimum Gasteiger partial charge on any atom is -0.395 e. The van der Waals surface area contributed by atoms with Crippen LogP contribution in [0.15, 0.2) is 24.3 Å². The first-order valence-electron chi connectivity index (χ1n) is 7.38. The minimum absolute atomic E-state index is 0.213. The summed E-state index contributed by atoms with van der Waals surface area (Å²) < 4.78 is 0. The molecule has 0 spiro atoms. The van der Waals surface area contributed by atoms with E-state index in [4.69, 9.17) is 10.8 Å². The monoisotopic (exact) mass is 287 g/mol. The summed E-state index contributed by atoms with van der Waals surface area (Å²) in [6.45, 7) is 4.73. The molecule has 3 N–H and O–H groups in total. The van der Waals surface area contributed by atoms with Crippen LogP contribution in [0.2, 0.25) is 0 Å². The van der Waals surface area contributed by atoms with Crippen LogP contribution in [0.5, 0.6) is 0 Å². The number of aliphatic hydroxyl groups is 1. The van der Waals surface area contributed by atoms with E-state index in [1.165, 1.54) is 0 Å². The predicted octanol–water partition coefficient (Wildman–Crippen LogP) is 0.716. The molecule has 0 amide bonds. The molecule has 3 rings (SSSR count). The molecule has 1 aliphatic rings. The van der Waals surface area contributed by atoms with Crippen molar-refractivity contribution in [1.82, 2.24) is 15.1 Å². The van der Waals surface area contributed by atoms with Crippen molar-refractivity contribution in [2.45, 2.75) is 6.42 Å². The van der Waals surface area contributed by atoms with Gasteiger partial charge in [-0.15, -0.1) is 10.2 Å². The second-order valence-electron chi connectivity index (χ2n) is 5.36. The van der Waals surface area contributed by atoms with Crippen LogP contribution in [0, 0.1) is 0 Å². The van der Waals surface area contributed by atoms with Gasteiger partial charge in [-0.25, -0.2) is 0 Å². The molecule has 112 valence electrons. The van der Waals surface area contributed by atoms with E-state index in [2.05, 4.69) is 20.0 Å². The quantitative estimate of drug-likeness (QED) is 0.866. The molecule has 1 aromatic carbocycles. The van der Waals surface area contributed by atoms with Crippen LogP contribution in [0.4, 0.5) is 11.6 Å². The van der Waals surface area contributed by atoms with Crippen molar-refractivity contribution in [3.8, 4) is 0 Å². The number of nitrogen functional groups attached to an aromatic ring is 1. The third kappa shape index (κ3) is 2.91. The summed E-state index contributed by atoms with van der Waals surface area (Å²) in [5, 5.41) is 19.5. The highest BCUT2D eigenvalue weighted by molar-refractivity contribution is 5.97. The Balaban J connectivity index is 1.88. The maximum Gasteiger partial charge on any atom is 0.159 e. The first kappa shape index (κ1) is 14.0. The highest BCUT2D eigenvalue weighted by Gasteiger charge is 2.18. The molecule has 21 heavy (non-hydrogen) atoms. The number of hydrogen-bond donors (Lipinski definition) is 2. The number of benzene rings is 1. The Morgan fingerprint density at radius 2 is 1.86 bits per heavy atom. The van der Waals surface area contributed by atoms with Gasteiger partial charge in [-0.1, -0.05) is 24.3 Å². The predicted molar refractivity (Wildman–Crippen MR) is 84.3 cm³/mol. The Morgan fingerprint density at radius 3 is 2.67 bits per heavy atom. The van der Waals surface area contributed by atoms with Crippen molar-refractivity contribution in [1.29, 1.82) is 0 Å². The standard InChI is InChI=1S/C15H21N5O/c16-14-12-4-1-2-5-13(12)15(18-17-14)20-7-3-6-19(8-9-20)10-11-21/h1-2,4-5,21H,3,6-11H2,(H2,16,17). The van der Waals surface area contributed by atoms with Crippen LogP contribution in [-0.4, -0.2) is 59.5 Å². The van der Waals surface area contributed by atoms with Gasteiger partial charge in [0.25, 0.3) is 0 Å². The van der Waals surface area contributed by atoms with Gasteiger partial charge in [0.05, 0.1) is 6.61 Å². The lowest BCUT2D eigenvalue weighted by Crippen LogP contribution is -2.33. The van der Waals surface area contributed by atoms with Crippen LogP contribution in [-0.2, 0) is 0 Å². The highest BCUT2D eigenvalue weighted by atomic mass is 16.3. The van der Waals surface area contributed by atoms with Crippen LogP contribution in [0.25, 0.3) is 10.8 Å². The van der Waals surface area contributed by atoms with E-state index >= 15 is 0 Å². The van der Waals surface area contributed by atoms with E-state index in [1.54, 1.807) is 0 Å². The molecule has 6 nitrogen and oxygen atoms in total. The molecule has 0 aliphatic carbocycles. The molecule has 1 aromatic heterocycles. The molecular weight excluding hydrogens is 266 g/mol. The van der Waals surface area contributed by atoms with Crippen molar-refractivity contribution in [3.05, 3.63) is 24.3 Å². The van der Waals surface area contributed by atoms with Crippen LogP contribution >= 0.6 is 0 Å². The lowest BCUT2D eigenvalue weighted by Gasteiger charge is -2.23. The smallest absolute Gasteiger partial charge is 0.159 e. The van der Waals surface area contributed by atoms with Crippen molar-refractivity contribution in [2.24, 2.45) is 0 Å². The molecule has 1 aliphatic heterocycles. The van der Waals surface area contributed by atoms with Gasteiger partial charge < -0.3 is 15.7 Å². The lowest BCUT2D eigenvalue weighted by atomic mass is 10.1. The Labute approximate surface area is 124 Å². The first-order valence-corrected chi connectivity index (χ1v) is 7.38. The largest absolute Gasteiger partial charge is 0.395 e. The second kappa shape index (κ2) is 6.24. The number of aromatic nitrogens is 2. The molecule has 0 bridgehead atoms.